The molecule has 1 saturated heterocycles. The summed E-state index contributed by atoms with van der Waals surface area (Å²) in [5.74, 6) is 2.11. The lowest BCUT2D eigenvalue weighted by Gasteiger charge is -2.63. The Morgan fingerprint density at radius 2 is 1.53 bits per heavy atom. The highest BCUT2D eigenvalue weighted by Crippen LogP contribution is 2.64. The quantitative estimate of drug-likeness (QED) is 0.162. The van der Waals surface area contributed by atoms with Gasteiger partial charge in [-0.05, 0) is 114 Å². The maximum Gasteiger partial charge on any atom is 0.263 e. The molecule has 2 aromatic carbocycles. The molecule has 236 valence electrons. The number of carbonyl (C=O) groups is 2. The van der Waals surface area contributed by atoms with E-state index in [0.717, 1.165) is 24.0 Å². The first-order valence-corrected chi connectivity index (χ1v) is 16.4. The molecule has 2 aromatic heterocycles. The summed E-state index contributed by atoms with van der Waals surface area (Å²) >= 11 is 0. The van der Waals surface area contributed by atoms with E-state index in [9.17, 15) is 10.1 Å². The molecule has 3 heterocycles. The molecule has 4 fully saturated rings. The van der Waals surface area contributed by atoms with E-state index in [-0.39, 0.29) is 23.0 Å². The molecule has 3 saturated carbocycles. The summed E-state index contributed by atoms with van der Waals surface area (Å²) in [6, 6.07) is 27.0. The van der Waals surface area contributed by atoms with Crippen molar-refractivity contribution < 1.29 is 9.59 Å². The molecule has 2 bridgehead atoms. The van der Waals surface area contributed by atoms with Gasteiger partial charge in [0.1, 0.15) is 5.82 Å². The number of likely N-dealkylation sites (N-methyl/N-ethyl adjacent to an activating group) is 1. The van der Waals surface area contributed by atoms with Crippen LogP contribution in [0.5, 0.6) is 0 Å². The first kappa shape index (κ1) is 30.6. The lowest BCUT2D eigenvalue weighted by molar-refractivity contribution is -0.145. The predicted octanol–water partition coefficient (Wildman–Crippen LogP) is 6.63. The number of amides is 1. The van der Waals surface area contributed by atoms with Gasteiger partial charge in [-0.1, -0.05) is 44.2 Å². The molecule has 4 atom stereocenters. The van der Waals surface area contributed by atoms with E-state index in [0.29, 0.717) is 41.2 Å². The Hall–Kier alpha value is -5.09. The van der Waals surface area contributed by atoms with Crippen molar-refractivity contribution in [1.29, 1.82) is 5.26 Å². The van der Waals surface area contributed by atoms with Crippen LogP contribution in [0.3, 0.4) is 0 Å². The standard InChI is InChI=1S/C40H39N5O2/c1-39(2)33-22-30(34(35(39)23-33)21-27-7-5-4-6-8-27)26-45-37(24-36(46)29-11-9-28(25-41)10-12-29)44(3)40(38(45)47,31-13-17-42-18-14-31)32-15-19-43-20-16-32/h4-20,24,30,33-35H,21-23,26H2,1-3H3. The molecular weight excluding hydrogens is 582 g/mol. The summed E-state index contributed by atoms with van der Waals surface area (Å²) in [5.41, 5.74) is 2.88. The zero-order valence-electron chi connectivity index (χ0n) is 27.1. The highest BCUT2D eigenvalue weighted by Gasteiger charge is 2.60. The van der Waals surface area contributed by atoms with Crippen LogP contribution in [0.4, 0.5) is 0 Å². The second-order valence-electron chi connectivity index (χ2n) is 13.9. The Balaban J connectivity index is 1.34. The summed E-state index contributed by atoms with van der Waals surface area (Å²) in [7, 11) is 1.90. The fourth-order valence-electron chi connectivity index (χ4n) is 8.73. The zero-order valence-corrected chi connectivity index (χ0v) is 27.1. The Kier molecular flexibility index (Phi) is 7.76. The van der Waals surface area contributed by atoms with Crippen molar-refractivity contribution in [2.45, 2.75) is 38.6 Å². The summed E-state index contributed by atoms with van der Waals surface area (Å²) in [6.07, 6.45) is 11.7. The third-order valence-electron chi connectivity index (χ3n) is 11.4. The highest BCUT2D eigenvalue weighted by atomic mass is 16.2. The number of ketones is 1. The predicted molar refractivity (Wildman–Crippen MR) is 179 cm³/mol. The maximum absolute atomic E-state index is 15.3. The molecule has 7 nitrogen and oxygen atoms in total. The summed E-state index contributed by atoms with van der Waals surface area (Å²) in [6.45, 7) is 5.34. The van der Waals surface area contributed by atoms with Crippen LogP contribution < -0.4 is 0 Å². The van der Waals surface area contributed by atoms with Crippen LogP contribution >= 0.6 is 0 Å². The number of benzene rings is 2. The molecule has 4 aromatic rings. The van der Waals surface area contributed by atoms with Crippen LogP contribution in [0, 0.1) is 40.4 Å². The molecule has 0 spiro atoms. The van der Waals surface area contributed by atoms with E-state index in [1.807, 2.05) is 41.1 Å². The minimum atomic E-state index is -1.21. The van der Waals surface area contributed by atoms with Gasteiger partial charge in [-0.15, -0.1) is 0 Å². The van der Waals surface area contributed by atoms with Crippen molar-refractivity contribution in [1.82, 2.24) is 19.8 Å². The molecule has 1 aliphatic heterocycles. The van der Waals surface area contributed by atoms with Crippen LogP contribution in [0.2, 0.25) is 0 Å². The monoisotopic (exact) mass is 621 g/mol. The van der Waals surface area contributed by atoms with Gasteiger partial charge >= 0.3 is 0 Å². The summed E-state index contributed by atoms with van der Waals surface area (Å²) < 4.78 is 0. The van der Waals surface area contributed by atoms with E-state index in [2.05, 4.69) is 60.2 Å². The fourth-order valence-corrected chi connectivity index (χ4v) is 8.73. The lowest BCUT2D eigenvalue weighted by Crippen LogP contribution is -2.58. The molecule has 4 unspecified atom stereocenters. The Bertz CT molecular complexity index is 1810. The topological polar surface area (TPSA) is 90.2 Å². The Labute approximate surface area is 276 Å². The number of allylic oxidation sites excluding steroid dienone is 1. The third kappa shape index (κ3) is 5.04. The molecule has 0 radical (unpaired) electrons. The van der Waals surface area contributed by atoms with Gasteiger partial charge in [-0.3, -0.25) is 24.5 Å². The van der Waals surface area contributed by atoms with Crippen LogP contribution in [0.15, 0.2) is 116 Å². The molecule has 7 heteroatoms. The number of nitriles is 1. The third-order valence-corrected chi connectivity index (χ3v) is 11.4. The van der Waals surface area contributed by atoms with Gasteiger partial charge in [-0.25, -0.2) is 0 Å². The van der Waals surface area contributed by atoms with Crippen LogP contribution in [0.25, 0.3) is 0 Å². The smallest absolute Gasteiger partial charge is 0.263 e. The maximum atomic E-state index is 15.3. The number of rotatable bonds is 8. The molecule has 47 heavy (non-hydrogen) atoms. The average molecular weight is 622 g/mol. The van der Waals surface area contributed by atoms with Gasteiger partial charge in [0, 0.05) is 50.0 Å². The largest absolute Gasteiger partial charge is 0.339 e. The molecule has 8 rings (SSSR count). The van der Waals surface area contributed by atoms with E-state index in [4.69, 9.17) is 0 Å². The average Bonchev–Trinajstić information content (AvgIpc) is 3.31. The van der Waals surface area contributed by atoms with Gasteiger partial charge in [0.25, 0.3) is 5.91 Å². The lowest BCUT2D eigenvalue weighted by atomic mass is 9.42. The van der Waals surface area contributed by atoms with Crippen molar-refractivity contribution in [3.05, 3.63) is 143 Å². The number of hydrogen-bond acceptors (Lipinski definition) is 6. The summed E-state index contributed by atoms with van der Waals surface area (Å²) in [4.78, 5) is 41.5. The number of nitrogens with zero attached hydrogens (tertiary/aromatic N) is 5. The second-order valence-corrected chi connectivity index (χ2v) is 13.9. The first-order chi connectivity index (χ1) is 22.7. The number of hydrogen-bond donors (Lipinski definition) is 0. The van der Waals surface area contributed by atoms with Gasteiger partial charge in [-0.2, -0.15) is 5.26 Å². The number of pyridine rings is 2. The zero-order chi connectivity index (χ0) is 32.8. The molecule has 1 amide bonds. The SMILES string of the molecule is CN1C(=CC(=O)c2ccc(C#N)cc2)N(CC2CC3CC(C2Cc2ccccc2)C3(C)C)C(=O)C1(c1ccncc1)c1ccncc1. The van der Waals surface area contributed by atoms with E-state index < -0.39 is 5.54 Å². The molecular formula is C40H39N5O2. The van der Waals surface area contributed by atoms with E-state index >= 15 is 4.79 Å². The van der Waals surface area contributed by atoms with Gasteiger partial charge in [0.05, 0.1) is 11.6 Å². The Morgan fingerprint density at radius 1 is 0.915 bits per heavy atom. The van der Waals surface area contributed by atoms with Gasteiger partial charge in [0.15, 0.2) is 11.3 Å². The molecule has 0 N–H and O–H groups in total. The van der Waals surface area contributed by atoms with Crippen molar-refractivity contribution in [3.8, 4) is 6.07 Å². The first-order valence-electron chi connectivity index (χ1n) is 16.4. The van der Waals surface area contributed by atoms with Gasteiger partial charge < -0.3 is 4.90 Å². The second kappa shape index (κ2) is 11.9. The van der Waals surface area contributed by atoms with Crippen LogP contribution in [0.1, 0.15) is 59.3 Å². The summed E-state index contributed by atoms with van der Waals surface area (Å²) in [5, 5.41) is 9.29. The van der Waals surface area contributed by atoms with Crippen molar-refractivity contribution in [2.75, 3.05) is 13.6 Å². The molecule has 4 aliphatic rings. The molecule has 3 aliphatic carbocycles. The van der Waals surface area contributed by atoms with Crippen molar-refractivity contribution in [3.63, 3.8) is 0 Å². The minimum absolute atomic E-state index is 0.0896. The number of carbonyl (C=O) groups excluding carboxylic acids is 2. The van der Waals surface area contributed by atoms with E-state index in [1.165, 1.54) is 12.0 Å². The van der Waals surface area contributed by atoms with Crippen LogP contribution in [-0.4, -0.2) is 45.1 Å². The van der Waals surface area contributed by atoms with E-state index in [1.54, 1.807) is 55.1 Å². The fraction of sp³-hybridized carbons (Fsp3) is 0.325. The normalized spacial score (nSPS) is 24.9. The Morgan fingerprint density at radius 3 is 2.11 bits per heavy atom. The van der Waals surface area contributed by atoms with Crippen molar-refractivity contribution in [2.24, 2.45) is 29.1 Å². The minimum Gasteiger partial charge on any atom is -0.339 e. The highest BCUT2D eigenvalue weighted by molar-refractivity contribution is 6.06. The van der Waals surface area contributed by atoms with Gasteiger partial charge in [0.2, 0.25) is 0 Å². The van der Waals surface area contributed by atoms with Crippen LogP contribution in [-0.2, 0) is 16.8 Å². The number of fused-ring (bicyclic) bond motifs is 2. The number of aromatic nitrogens is 2. The van der Waals surface area contributed by atoms with Crippen molar-refractivity contribution >= 4 is 11.7 Å².